The molecule has 0 radical (unpaired) electrons. The van der Waals surface area contributed by atoms with Crippen LogP contribution in [0.4, 0.5) is 0 Å². The van der Waals surface area contributed by atoms with Gasteiger partial charge in [0, 0.05) is 18.2 Å². The molecule has 19 heavy (non-hydrogen) atoms. The average Bonchev–Trinajstić information content (AvgIpc) is 2.34. The molecule has 0 heterocycles. The molecular weight excluding hydrogens is 246 g/mol. The van der Waals surface area contributed by atoms with E-state index in [9.17, 15) is 9.90 Å². The van der Waals surface area contributed by atoms with Gasteiger partial charge in [-0.05, 0) is 6.07 Å². The molecule has 1 aromatic carbocycles. The van der Waals surface area contributed by atoms with Crippen molar-refractivity contribution >= 4 is 5.97 Å². The lowest BCUT2D eigenvalue weighted by Gasteiger charge is -2.16. The minimum Gasteiger partial charge on any atom is -0.491 e. The normalized spacial score (nSPS) is 12.4. The number of ether oxygens (including phenoxy) is 1. The summed E-state index contributed by atoms with van der Waals surface area (Å²) in [6.07, 6.45) is -0.712. The third kappa shape index (κ3) is 6.22. The topological polar surface area (TPSA) is 78.8 Å². The van der Waals surface area contributed by atoms with Crippen molar-refractivity contribution < 1.29 is 19.7 Å². The molecule has 0 spiro atoms. The van der Waals surface area contributed by atoms with Crippen molar-refractivity contribution in [3.8, 4) is 5.75 Å². The van der Waals surface area contributed by atoms with Gasteiger partial charge in [0.15, 0.2) is 0 Å². The third-order valence-electron chi connectivity index (χ3n) is 2.51. The number of aliphatic hydroxyl groups excluding tert-OH is 1. The van der Waals surface area contributed by atoms with Crippen LogP contribution >= 0.6 is 0 Å². The molecule has 0 aliphatic carbocycles. The summed E-state index contributed by atoms with van der Waals surface area (Å²) in [5.41, 5.74) is 0.610. The summed E-state index contributed by atoms with van der Waals surface area (Å²) in [5, 5.41) is 21.6. The Bertz CT molecular complexity index is 406. The third-order valence-corrected chi connectivity index (χ3v) is 2.51. The lowest BCUT2D eigenvalue weighted by molar-refractivity contribution is -0.136. The lowest BCUT2D eigenvalue weighted by Crippen LogP contribution is -2.35. The highest BCUT2D eigenvalue weighted by Gasteiger charge is 2.10. The molecule has 5 nitrogen and oxygen atoms in total. The first-order valence-corrected chi connectivity index (χ1v) is 6.33. The molecule has 0 saturated carbocycles. The number of benzene rings is 1. The Morgan fingerprint density at radius 2 is 2.05 bits per heavy atom. The molecule has 0 aliphatic rings. The average molecular weight is 267 g/mol. The molecule has 0 aromatic heterocycles. The van der Waals surface area contributed by atoms with Crippen molar-refractivity contribution in [2.45, 2.75) is 32.4 Å². The SMILES string of the molecule is CC(C)NCC(O)COc1ccccc1CC(=O)O. The van der Waals surface area contributed by atoms with Crippen molar-refractivity contribution in [1.82, 2.24) is 5.32 Å². The first-order valence-electron chi connectivity index (χ1n) is 6.33. The van der Waals surface area contributed by atoms with E-state index in [1.54, 1.807) is 24.3 Å². The summed E-state index contributed by atoms with van der Waals surface area (Å²) < 4.78 is 5.48. The molecule has 5 heteroatoms. The number of hydrogen-bond acceptors (Lipinski definition) is 4. The summed E-state index contributed by atoms with van der Waals surface area (Å²) in [6, 6.07) is 7.26. The van der Waals surface area contributed by atoms with Gasteiger partial charge in [-0.3, -0.25) is 4.79 Å². The number of aliphatic carboxylic acids is 1. The second kappa shape index (κ2) is 7.76. The van der Waals surface area contributed by atoms with Crippen LogP contribution < -0.4 is 10.1 Å². The van der Waals surface area contributed by atoms with Crippen LogP contribution in [0, 0.1) is 0 Å². The van der Waals surface area contributed by atoms with Crippen LogP contribution in [0.2, 0.25) is 0 Å². The molecule has 0 amide bonds. The molecular formula is C14H21NO4. The maximum Gasteiger partial charge on any atom is 0.307 e. The van der Waals surface area contributed by atoms with E-state index in [1.807, 2.05) is 13.8 Å². The Morgan fingerprint density at radius 3 is 2.68 bits per heavy atom. The molecule has 1 unspecified atom stereocenters. The maximum absolute atomic E-state index is 10.7. The van der Waals surface area contributed by atoms with Crippen molar-refractivity contribution in [1.29, 1.82) is 0 Å². The summed E-state index contributed by atoms with van der Waals surface area (Å²) >= 11 is 0. The standard InChI is InChI=1S/C14H21NO4/c1-10(2)15-8-12(16)9-19-13-6-4-3-5-11(13)7-14(17)18/h3-6,10,12,15-16H,7-9H2,1-2H3,(H,17,18). The van der Waals surface area contributed by atoms with E-state index < -0.39 is 12.1 Å². The first-order chi connectivity index (χ1) is 8.99. The van der Waals surface area contributed by atoms with Crippen molar-refractivity contribution in [3.05, 3.63) is 29.8 Å². The number of nitrogens with one attached hydrogen (secondary N) is 1. The maximum atomic E-state index is 10.7. The van der Waals surface area contributed by atoms with Gasteiger partial charge in [-0.1, -0.05) is 32.0 Å². The Balaban J connectivity index is 2.50. The molecule has 0 saturated heterocycles. The predicted octanol–water partition coefficient (Wildman–Crippen LogP) is 1.05. The zero-order valence-corrected chi connectivity index (χ0v) is 11.3. The number of aliphatic hydroxyl groups is 1. The van der Waals surface area contributed by atoms with Gasteiger partial charge < -0.3 is 20.3 Å². The summed E-state index contributed by atoms with van der Waals surface area (Å²) in [7, 11) is 0. The second-order valence-corrected chi connectivity index (χ2v) is 4.71. The molecule has 1 atom stereocenters. The zero-order valence-electron chi connectivity index (χ0n) is 11.3. The second-order valence-electron chi connectivity index (χ2n) is 4.71. The van der Waals surface area contributed by atoms with Crippen LogP contribution in [0.25, 0.3) is 0 Å². The van der Waals surface area contributed by atoms with Crippen LogP contribution in [0.3, 0.4) is 0 Å². The first kappa shape index (κ1) is 15.5. The van der Waals surface area contributed by atoms with Crippen molar-refractivity contribution in [2.75, 3.05) is 13.2 Å². The molecule has 0 bridgehead atoms. The monoisotopic (exact) mass is 267 g/mol. The Hall–Kier alpha value is -1.59. The van der Waals surface area contributed by atoms with Gasteiger partial charge in [0.05, 0.1) is 6.42 Å². The van der Waals surface area contributed by atoms with E-state index in [2.05, 4.69) is 5.32 Å². The number of carboxylic acid groups (broad SMARTS) is 1. The van der Waals surface area contributed by atoms with E-state index in [0.717, 1.165) is 0 Å². The van der Waals surface area contributed by atoms with Crippen LogP contribution in [0.15, 0.2) is 24.3 Å². The van der Waals surface area contributed by atoms with E-state index >= 15 is 0 Å². The number of rotatable bonds is 8. The summed E-state index contributed by atoms with van der Waals surface area (Å²) in [6.45, 7) is 4.57. The highest BCUT2D eigenvalue weighted by atomic mass is 16.5. The minimum atomic E-state index is -0.905. The van der Waals surface area contributed by atoms with Gasteiger partial charge in [0.2, 0.25) is 0 Å². The van der Waals surface area contributed by atoms with Crippen LogP contribution in [0.5, 0.6) is 5.75 Å². The number of carboxylic acids is 1. The van der Waals surface area contributed by atoms with E-state index in [4.69, 9.17) is 9.84 Å². The van der Waals surface area contributed by atoms with Gasteiger partial charge in [-0.15, -0.1) is 0 Å². The number of para-hydroxylation sites is 1. The van der Waals surface area contributed by atoms with Gasteiger partial charge >= 0.3 is 5.97 Å². The fourth-order valence-corrected chi connectivity index (χ4v) is 1.57. The van der Waals surface area contributed by atoms with Gasteiger partial charge in [0.25, 0.3) is 0 Å². The number of hydrogen-bond donors (Lipinski definition) is 3. The molecule has 3 N–H and O–H groups in total. The molecule has 0 aliphatic heterocycles. The molecule has 1 aromatic rings. The zero-order chi connectivity index (χ0) is 14.3. The fourth-order valence-electron chi connectivity index (χ4n) is 1.57. The quantitative estimate of drug-likeness (QED) is 0.656. The van der Waals surface area contributed by atoms with E-state index in [1.165, 1.54) is 0 Å². The van der Waals surface area contributed by atoms with Crippen LogP contribution in [-0.2, 0) is 11.2 Å². The van der Waals surface area contributed by atoms with Gasteiger partial charge in [-0.25, -0.2) is 0 Å². The van der Waals surface area contributed by atoms with Crippen LogP contribution in [0.1, 0.15) is 19.4 Å². The lowest BCUT2D eigenvalue weighted by atomic mass is 10.1. The van der Waals surface area contributed by atoms with E-state index in [-0.39, 0.29) is 13.0 Å². The largest absolute Gasteiger partial charge is 0.491 e. The van der Waals surface area contributed by atoms with Crippen molar-refractivity contribution in [3.63, 3.8) is 0 Å². The highest BCUT2D eigenvalue weighted by molar-refractivity contribution is 5.71. The highest BCUT2D eigenvalue weighted by Crippen LogP contribution is 2.18. The van der Waals surface area contributed by atoms with Crippen LogP contribution in [-0.4, -0.2) is 41.5 Å². The van der Waals surface area contributed by atoms with Gasteiger partial charge in [-0.2, -0.15) is 0 Å². The fraction of sp³-hybridized carbons (Fsp3) is 0.500. The number of carbonyl (C=O) groups is 1. The summed E-state index contributed by atoms with van der Waals surface area (Å²) in [5.74, 6) is -0.397. The minimum absolute atomic E-state index is 0.0868. The van der Waals surface area contributed by atoms with E-state index in [0.29, 0.717) is 23.9 Å². The molecule has 0 fully saturated rings. The Labute approximate surface area is 113 Å². The molecule has 106 valence electrons. The Kier molecular flexibility index (Phi) is 6.32. The Morgan fingerprint density at radius 1 is 1.37 bits per heavy atom. The van der Waals surface area contributed by atoms with Gasteiger partial charge in [0.1, 0.15) is 18.5 Å². The molecule has 1 rings (SSSR count). The summed E-state index contributed by atoms with van der Waals surface area (Å²) in [4.78, 5) is 10.7. The predicted molar refractivity (Wildman–Crippen MR) is 72.4 cm³/mol. The van der Waals surface area contributed by atoms with Crippen molar-refractivity contribution in [2.24, 2.45) is 0 Å². The smallest absolute Gasteiger partial charge is 0.307 e.